The van der Waals surface area contributed by atoms with Gasteiger partial charge in [-0.15, -0.1) is 0 Å². The molecule has 1 rings (SSSR count). The molecule has 0 atom stereocenters. The fraction of sp³-hybridized carbons (Fsp3) is 0.917. The van der Waals surface area contributed by atoms with E-state index >= 15 is 0 Å². The molecule has 0 saturated carbocycles. The van der Waals surface area contributed by atoms with Crippen LogP contribution in [0.3, 0.4) is 0 Å². The summed E-state index contributed by atoms with van der Waals surface area (Å²) >= 11 is 0. The number of amides is 2. The van der Waals surface area contributed by atoms with E-state index in [1.54, 1.807) is 9.80 Å². The number of carbonyl (C=O) groups is 2. The highest BCUT2D eigenvalue weighted by Crippen LogP contribution is 2.18. The third kappa shape index (κ3) is 13.3. The molecule has 0 N–H and O–H groups in total. The Kier molecular flexibility index (Phi) is 14.1. The molecule has 0 aromatic rings. The van der Waals surface area contributed by atoms with Gasteiger partial charge in [0.05, 0.1) is 66.1 Å². The Morgan fingerprint density at radius 1 is 0.455 bits per heavy atom. The average Bonchev–Trinajstić information content (AvgIpc) is 2.73. The molecule has 1 aliphatic heterocycles. The van der Waals surface area contributed by atoms with E-state index in [4.69, 9.17) is 23.7 Å². The summed E-state index contributed by atoms with van der Waals surface area (Å²) in [7, 11) is 0. The van der Waals surface area contributed by atoms with E-state index < -0.39 is 10.8 Å². The van der Waals surface area contributed by atoms with E-state index in [0.29, 0.717) is 92.2 Å². The van der Waals surface area contributed by atoms with Crippen LogP contribution < -0.4 is 0 Å². The Morgan fingerprint density at radius 3 is 0.879 bits per heavy atom. The molecule has 0 aromatic heterocycles. The molecular weight excluding hydrogens is 428 g/mol. The van der Waals surface area contributed by atoms with Crippen LogP contribution in [0.25, 0.3) is 0 Å². The molecule has 1 fully saturated rings. The van der Waals surface area contributed by atoms with Crippen LogP contribution in [0.2, 0.25) is 0 Å². The van der Waals surface area contributed by atoms with Crippen LogP contribution in [0.5, 0.6) is 0 Å². The second-order valence-electron chi connectivity index (χ2n) is 10.1. The molecule has 194 valence electrons. The summed E-state index contributed by atoms with van der Waals surface area (Å²) in [5, 5.41) is 0. The molecule has 9 nitrogen and oxygen atoms in total. The second-order valence-corrected chi connectivity index (χ2v) is 10.1. The predicted molar refractivity (Wildman–Crippen MR) is 126 cm³/mol. The summed E-state index contributed by atoms with van der Waals surface area (Å²) < 4.78 is 28.2. The molecule has 33 heavy (non-hydrogen) atoms. The maximum Gasteiger partial charge on any atom is 0.228 e. The normalized spacial score (nSPS) is 20.7. The zero-order chi connectivity index (χ0) is 24.7. The summed E-state index contributed by atoms with van der Waals surface area (Å²) in [6.07, 6.45) is 0. The molecule has 1 heterocycles. The van der Waals surface area contributed by atoms with E-state index in [0.717, 1.165) is 0 Å². The standard InChI is InChI=1S/C24H46N2O7/c1-23(2,3)21(27)25-7-11-29-15-16-30-12-8-26(22(28)24(4,5)6)10-14-32-18-20-33-19-17-31-13-9-25/h7-20H2,1-6H3. The van der Waals surface area contributed by atoms with Crippen molar-refractivity contribution in [2.24, 2.45) is 10.8 Å². The van der Waals surface area contributed by atoms with Crippen LogP contribution in [0.1, 0.15) is 41.5 Å². The van der Waals surface area contributed by atoms with Crippen LogP contribution in [0.4, 0.5) is 0 Å². The molecule has 0 bridgehead atoms. The van der Waals surface area contributed by atoms with E-state index in [2.05, 4.69) is 0 Å². The minimum absolute atomic E-state index is 0.0707. The molecule has 0 aromatic carbocycles. The van der Waals surface area contributed by atoms with E-state index in [1.807, 2.05) is 41.5 Å². The highest BCUT2D eigenvalue weighted by Gasteiger charge is 2.28. The topological polar surface area (TPSA) is 86.8 Å². The molecular formula is C24H46N2O7. The molecule has 0 unspecified atom stereocenters. The van der Waals surface area contributed by atoms with Crippen molar-refractivity contribution in [3.8, 4) is 0 Å². The Labute approximate surface area is 200 Å². The van der Waals surface area contributed by atoms with Gasteiger partial charge in [0, 0.05) is 37.0 Å². The summed E-state index contributed by atoms with van der Waals surface area (Å²) in [6, 6.07) is 0. The minimum atomic E-state index is -0.463. The lowest BCUT2D eigenvalue weighted by Gasteiger charge is -2.29. The van der Waals surface area contributed by atoms with Gasteiger partial charge in [0.1, 0.15) is 0 Å². The first-order valence-electron chi connectivity index (χ1n) is 12.0. The van der Waals surface area contributed by atoms with Crippen molar-refractivity contribution in [1.29, 1.82) is 0 Å². The lowest BCUT2D eigenvalue weighted by molar-refractivity contribution is -0.142. The molecule has 1 saturated heterocycles. The average molecular weight is 475 g/mol. The number of hydrogen-bond donors (Lipinski definition) is 0. The van der Waals surface area contributed by atoms with Gasteiger partial charge in [-0.2, -0.15) is 0 Å². The maximum absolute atomic E-state index is 12.7. The van der Waals surface area contributed by atoms with Crippen molar-refractivity contribution in [3.05, 3.63) is 0 Å². The quantitative estimate of drug-likeness (QED) is 0.529. The Bertz CT molecular complexity index is 510. The third-order valence-corrected chi connectivity index (χ3v) is 5.00. The van der Waals surface area contributed by atoms with Gasteiger partial charge < -0.3 is 33.5 Å². The SMILES string of the molecule is CC(C)(C)C(=O)N1CCOCCOCCOCCN(C(=O)C(C)(C)C)CCOCCOCC1. The summed E-state index contributed by atoms with van der Waals surface area (Å²) in [4.78, 5) is 29.0. The van der Waals surface area contributed by atoms with Gasteiger partial charge in [-0.05, 0) is 0 Å². The predicted octanol–water partition coefficient (Wildman–Crippen LogP) is 1.83. The van der Waals surface area contributed by atoms with Crippen LogP contribution in [0.15, 0.2) is 0 Å². The van der Waals surface area contributed by atoms with Gasteiger partial charge in [0.25, 0.3) is 0 Å². The summed E-state index contributed by atoms with van der Waals surface area (Å²) in [5.74, 6) is 0.141. The molecule has 9 heteroatoms. The zero-order valence-electron chi connectivity index (χ0n) is 21.7. The van der Waals surface area contributed by atoms with Crippen molar-refractivity contribution in [3.63, 3.8) is 0 Å². The fourth-order valence-corrected chi connectivity index (χ4v) is 3.14. The Hall–Kier alpha value is -1.26. The van der Waals surface area contributed by atoms with Gasteiger partial charge in [-0.3, -0.25) is 9.59 Å². The molecule has 1 aliphatic rings. The first kappa shape index (κ1) is 29.8. The van der Waals surface area contributed by atoms with Gasteiger partial charge in [-0.25, -0.2) is 0 Å². The number of carbonyl (C=O) groups excluding carboxylic acids is 2. The van der Waals surface area contributed by atoms with Crippen LogP contribution >= 0.6 is 0 Å². The lowest BCUT2D eigenvalue weighted by Crippen LogP contribution is -2.43. The second kappa shape index (κ2) is 15.6. The van der Waals surface area contributed by atoms with Crippen LogP contribution in [0, 0.1) is 10.8 Å². The van der Waals surface area contributed by atoms with Gasteiger partial charge in [0.15, 0.2) is 0 Å². The highest BCUT2D eigenvalue weighted by molar-refractivity contribution is 5.82. The van der Waals surface area contributed by atoms with Gasteiger partial charge >= 0.3 is 0 Å². The number of hydrogen-bond acceptors (Lipinski definition) is 7. The van der Waals surface area contributed by atoms with Crippen LogP contribution in [-0.4, -0.2) is 114 Å². The third-order valence-electron chi connectivity index (χ3n) is 5.00. The molecule has 0 aliphatic carbocycles. The smallest absolute Gasteiger partial charge is 0.228 e. The maximum atomic E-state index is 12.7. The van der Waals surface area contributed by atoms with Crippen molar-refractivity contribution in [2.45, 2.75) is 41.5 Å². The van der Waals surface area contributed by atoms with E-state index in [1.165, 1.54) is 0 Å². The lowest BCUT2D eigenvalue weighted by atomic mass is 9.94. The fourth-order valence-electron chi connectivity index (χ4n) is 3.14. The van der Waals surface area contributed by atoms with Crippen molar-refractivity contribution >= 4 is 11.8 Å². The first-order chi connectivity index (χ1) is 15.5. The van der Waals surface area contributed by atoms with Crippen molar-refractivity contribution < 1.29 is 33.3 Å². The molecule has 0 spiro atoms. The van der Waals surface area contributed by atoms with Gasteiger partial charge in [0.2, 0.25) is 11.8 Å². The largest absolute Gasteiger partial charge is 0.377 e. The Morgan fingerprint density at radius 2 is 0.667 bits per heavy atom. The van der Waals surface area contributed by atoms with Crippen molar-refractivity contribution in [1.82, 2.24) is 9.80 Å². The highest BCUT2D eigenvalue weighted by atomic mass is 16.5. The summed E-state index contributed by atoms with van der Waals surface area (Å²) in [6.45, 7) is 18.0. The molecule has 2 amide bonds. The van der Waals surface area contributed by atoms with Crippen LogP contribution in [-0.2, 0) is 33.3 Å². The minimum Gasteiger partial charge on any atom is -0.377 e. The zero-order valence-corrected chi connectivity index (χ0v) is 21.7. The number of nitrogens with zero attached hydrogens (tertiary/aromatic N) is 2. The number of rotatable bonds is 0. The molecule has 0 radical (unpaired) electrons. The Balaban J connectivity index is 2.59. The summed E-state index contributed by atoms with van der Waals surface area (Å²) in [5.41, 5.74) is -0.927. The number of ether oxygens (including phenoxy) is 5. The van der Waals surface area contributed by atoms with E-state index in [9.17, 15) is 9.59 Å². The van der Waals surface area contributed by atoms with Gasteiger partial charge in [-0.1, -0.05) is 41.5 Å². The monoisotopic (exact) mass is 474 g/mol. The van der Waals surface area contributed by atoms with Crippen molar-refractivity contribution in [2.75, 3.05) is 92.2 Å². The first-order valence-corrected chi connectivity index (χ1v) is 12.0. The van der Waals surface area contributed by atoms with E-state index in [-0.39, 0.29) is 11.8 Å².